The molecule has 4 saturated carbocycles. The average molecular weight is 274 g/mol. The summed E-state index contributed by atoms with van der Waals surface area (Å²) in [5, 5.41) is 3.95. The Hall–Kier alpha value is -0.600. The van der Waals surface area contributed by atoms with Gasteiger partial charge >= 0.3 is 0 Å². The second-order valence-electron chi connectivity index (χ2n) is 7.39. The van der Waals surface area contributed by atoms with E-state index in [4.69, 9.17) is 5.73 Å². The van der Waals surface area contributed by atoms with Crippen molar-refractivity contribution >= 4 is 0 Å². The Morgan fingerprint density at radius 2 is 1.75 bits per heavy atom. The average Bonchev–Trinajstić information content (AvgIpc) is 2.41. The molecule has 2 nitrogen and oxygen atoms in total. The zero-order valence-electron chi connectivity index (χ0n) is 12.9. The molecule has 0 heterocycles. The van der Waals surface area contributed by atoms with Crippen LogP contribution in [0.4, 0.5) is 0 Å². The topological polar surface area (TPSA) is 38.0 Å². The third kappa shape index (κ3) is 3.01. The highest BCUT2D eigenvalue weighted by Gasteiger charge is 2.50. The summed E-state index contributed by atoms with van der Waals surface area (Å²) in [5.41, 5.74) is 7.43. The molecule has 0 amide bonds. The molecule has 0 saturated heterocycles. The molecule has 0 aromatic heterocycles. The van der Waals surface area contributed by atoms with Crippen molar-refractivity contribution in [1.29, 1.82) is 0 Å². The fraction of sp³-hybridized carbons (Fsp3) is 0.778. The van der Waals surface area contributed by atoms with Crippen molar-refractivity contribution in [3.8, 4) is 0 Å². The van der Waals surface area contributed by atoms with Crippen LogP contribution in [0.5, 0.6) is 0 Å². The van der Waals surface area contributed by atoms with E-state index in [9.17, 15) is 0 Å². The normalized spacial score (nSPS) is 39.9. The van der Waals surface area contributed by atoms with Gasteiger partial charge in [-0.2, -0.15) is 0 Å². The van der Waals surface area contributed by atoms with E-state index in [0.717, 1.165) is 37.3 Å². The summed E-state index contributed by atoms with van der Waals surface area (Å²) in [6, 6.07) is 0. The third-order valence-corrected chi connectivity index (χ3v) is 5.74. The highest BCUT2D eigenvalue weighted by Crippen LogP contribution is 2.55. The van der Waals surface area contributed by atoms with Crippen molar-refractivity contribution in [2.24, 2.45) is 23.5 Å². The summed E-state index contributed by atoms with van der Waals surface area (Å²) in [6.45, 7) is 3.92. The maximum Gasteiger partial charge on any atom is 0.0207 e. The lowest BCUT2D eigenvalue weighted by atomic mass is 9.53. The van der Waals surface area contributed by atoms with Crippen molar-refractivity contribution in [1.82, 2.24) is 5.32 Å². The van der Waals surface area contributed by atoms with Gasteiger partial charge in [-0.15, -0.1) is 0 Å². The first kappa shape index (κ1) is 14.3. The Labute approximate surface area is 123 Å². The van der Waals surface area contributed by atoms with Crippen LogP contribution in [0.15, 0.2) is 23.8 Å². The number of nitrogens with one attached hydrogen (secondary N) is 1. The third-order valence-electron chi connectivity index (χ3n) is 5.74. The molecule has 0 radical (unpaired) electrons. The van der Waals surface area contributed by atoms with Gasteiger partial charge in [0.1, 0.15) is 0 Å². The fourth-order valence-corrected chi connectivity index (χ4v) is 5.20. The van der Waals surface area contributed by atoms with E-state index in [2.05, 4.69) is 30.5 Å². The maximum atomic E-state index is 5.55. The molecule has 3 N–H and O–H groups in total. The van der Waals surface area contributed by atoms with E-state index < -0.39 is 0 Å². The van der Waals surface area contributed by atoms with Gasteiger partial charge in [0.25, 0.3) is 0 Å². The van der Waals surface area contributed by atoms with Gasteiger partial charge < -0.3 is 11.1 Å². The van der Waals surface area contributed by atoms with E-state index in [0.29, 0.717) is 5.54 Å². The molecule has 2 heteroatoms. The zero-order valence-corrected chi connectivity index (χ0v) is 12.9. The van der Waals surface area contributed by atoms with E-state index >= 15 is 0 Å². The van der Waals surface area contributed by atoms with Crippen LogP contribution in [0.25, 0.3) is 0 Å². The number of rotatable bonds is 6. The van der Waals surface area contributed by atoms with Crippen molar-refractivity contribution < 1.29 is 0 Å². The molecule has 4 aliphatic carbocycles. The van der Waals surface area contributed by atoms with Gasteiger partial charge in [0, 0.05) is 12.1 Å². The molecule has 0 aliphatic heterocycles. The van der Waals surface area contributed by atoms with Crippen LogP contribution >= 0.6 is 0 Å². The lowest BCUT2D eigenvalue weighted by Crippen LogP contribution is -2.58. The molecular weight excluding hydrogens is 244 g/mol. The van der Waals surface area contributed by atoms with Crippen molar-refractivity contribution in [3.05, 3.63) is 23.8 Å². The number of hydrogen-bond acceptors (Lipinski definition) is 2. The molecule has 112 valence electrons. The van der Waals surface area contributed by atoms with Crippen LogP contribution < -0.4 is 11.1 Å². The van der Waals surface area contributed by atoms with Crippen molar-refractivity contribution in [2.75, 3.05) is 13.1 Å². The van der Waals surface area contributed by atoms with Gasteiger partial charge in [0.15, 0.2) is 0 Å². The SMILES string of the molecule is CC=C(C=CCCN)CNC12CC3CC(CC(C3)C1)C2. The van der Waals surface area contributed by atoms with E-state index in [1.54, 1.807) is 0 Å². The smallest absolute Gasteiger partial charge is 0.0207 e. The van der Waals surface area contributed by atoms with Gasteiger partial charge in [-0.1, -0.05) is 18.2 Å². The quantitative estimate of drug-likeness (QED) is 0.729. The van der Waals surface area contributed by atoms with Gasteiger partial charge in [-0.3, -0.25) is 0 Å². The van der Waals surface area contributed by atoms with Crippen LogP contribution in [0, 0.1) is 17.8 Å². The van der Waals surface area contributed by atoms with Crippen LogP contribution in [0.1, 0.15) is 51.9 Å². The molecule has 0 unspecified atom stereocenters. The summed E-state index contributed by atoms with van der Waals surface area (Å²) >= 11 is 0. The summed E-state index contributed by atoms with van der Waals surface area (Å²) in [7, 11) is 0. The van der Waals surface area contributed by atoms with Crippen LogP contribution in [-0.2, 0) is 0 Å². The zero-order chi connectivity index (χ0) is 14.0. The molecule has 0 aromatic rings. The number of allylic oxidation sites excluding steroid dienone is 1. The number of nitrogens with two attached hydrogens (primary N) is 1. The Bertz CT molecular complexity index is 359. The van der Waals surface area contributed by atoms with Crippen LogP contribution in [0.3, 0.4) is 0 Å². The van der Waals surface area contributed by atoms with Gasteiger partial charge in [0.05, 0.1) is 0 Å². The predicted octanol–water partition coefficient (Wildman–Crippen LogP) is 3.40. The maximum absolute atomic E-state index is 5.55. The first-order valence-electron chi connectivity index (χ1n) is 8.50. The van der Waals surface area contributed by atoms with Crippen molar-refractivity contribution in [3.63, 3.8) is 0 Å². The molecule has 4 rings (SSSR count). The highest BCUT2D eigenvalue weighted by atomic mass is 15.0. The molecule has 0 aromatic carbocycles. The second-order valence-corrected chi connectivity index (χ2v) is 7.39. The second kappa shape index (κ2) is 6.03. The first-order chi connectivity index (χ1) is 9.73. The van der Waals surface area contributed by atoms with E-state index in [1.165, 1.54) is 44.1 Å². The molecule has 4 bridgehead atoms. The lowest BCUT2D eigenvalue weighted by Gasteiger charge is -2.57. The Kier molecular flexibility index (Phi) is 4.32. The molecular formula is C18H30N2. The largest absolute Gasteiger partial charge is 0.330 e. The summed E-state index contributed by atoms with van der Waals surface area (Å²) in [6.07, 6.45) is 16.5. The van der Waals surface area contributed by atoms with Crippen LogP contribution in [-0.4, -0.2) is 18.6 Å². The highest BCUT2D eigenvalue weighted by molar-refractivity contribution is 5.21. The minimum absolute atomic E-state index is 0.477. The monoisotopic (exact) mass is 274 g/mol. The lowest BCUT2D eigenvalue weighted by molar-refractivity contribution is -0.0181. The minimum atomic E-state index is 0.477. The minimum Gasteiger partial charge on any atom is -0.330 e. The van der Waals surface area contributed by atoms with E-state index in [-0.39, 0.29) is 0 Å². The molecule has 4 fully saturated rings. The van der Waals surface area contributed by atoms with E-state index in [1.807, 2.05) is 0 Å². The number of hydrogen-bond donors (Lipinski definition) is 2. The standard InChI is InChI=1S/C18H30N2/c1-2-14(5-3-4-6-19)13-20-18-10-15-7-16(11-18)9-17(8-15)12-18/h2-3,5,15-17,20H,4,6-13,19H2,1H3. The van der Waals surface area contributed by atoms with Gasteiger partial charge in [-0.05, 0) is 81.7 Å². The Morgan fingerprint density at radius 1 is 1.15 bits per heavy atom. The van der Waals surface area contributed by atoms with Crippen LogP contribution in [0.2, 0.25) is 0 Å². The fourth-order valence-electron chi connectivity index (χ4n) is 5.20. The van der Waals surface area contributed by atoms with Gasteiger partial charge in [-0.25, -0.2) is 0 Å². The molecule has 4 aliphatic rings. The first-order valence-corrected chi connectivity index (χ1v) is 8.50. The summed E-state index contributed by atoms with van der Waals surface area (Å²) in [5.74, 6) is 3.07. The Morgan fingerprint density at radius 3 is 2.25 bits per heavy atom. The Balaban J connectivity index is 1.57. The summed E-state index contributed by atoms with van der Waals surface area (Å²) < 4.78 is 0. The van der Waals surface area contributed by atoms with Crippen molar-refractivity contribution in [2.45, 2.75) is 57.4 Å². The molecule has 0 atom stereocenters. The molecule has 0 spiro atoms. The summed E-state index contributed by atoms with van der Waals surface area (Å²) in [4.78, 5) is 0. The predicted molar refractivity (Wildman–Crippen MR) is 85.5 cm³/mol. The van der Waals surface area contributed by atoms with Gasteiger partial charge in [0.2, 0.25) is 0 Å². The molecule has 20 heavy (non-hydrogen) atoms.